The summed E-state index contributed by atoms with van der Waals surface area (Å²) in [4.78, 5) is 2.42. The van der Waals surface area contributed by atoms with Gasteiger partial charge in [0, 0.05) is 55.0 Å². The van der Waals surface area contributed by atoms with Gasteiger partial charge in [-0.1, -0.05) is 142 Å². The molecule has 1 aliphatic rings. The van der Waals surface area contributed by atoms with Gasteiger partial charge in [0.2, 0.25) is 0 Å². The van der Waals surface area contributed by atoms with Crippen LogP contribution in [0.3, 0.4) is 0 Å². The van der Waals surface area contributed by atoms with Gasteiger partial charge in [0.05, 0.1) is 0 Å². The highest BCUT2D eigenvalue weighted by Gasteiger charge is 2.35. The number of nitrogens with zero attached hydrogens (tertiary/aromatic N) is 1. The SMILES string of the molecule is C=C/C=C\C1=C(C)c2ccc(N(c3ccc(-c4cccc5c4oc4ccccc45)cc3)c3ccc4c5ccccc5c5c(ccc6oc7ccccc7c65)c4c3)cc2C1(C)C. The summed E-state index contributed by atoms with van der Waals surface area (Å²) in [6.45, 7) is 10.9. The van der Waals surface area contributed by atoms with Crippen LogP contribution < -0.4 is 4.90 Å². The van der Waals surface area contributed by atoms with E-state index in [1.165, 1.54) is 54.6 Å². The van der Waals surface area contributed by atoms with Crippen LogP contribution in [-0.4, -0.2) is 0 Å². The number of anilines is 3. The molecule has 0 saturated heterocycles. The smallest absolute Gasteiger partial charge is 0.143 e. The molecule has 61 heavy (non-hydrogen) atoms. The zero-order chi connectivity index (χ0) is 41.0. The van der Waals surface area contributed by atoms with Crippen molar-refractivity contribution in [1.82, 2.24) is 0 Å². The molecule has 12 rings (SSSR count). The van der Waals surface area contributed by atoms with Gasteiger partial charge in [-0.15, -0.1) is 0 Å². The summed E-state index contributed by atoms with van der Waals surface area (Å²) in [5.41, 5.74) is 14.1. The highest BCUT2D eigenvalue weighted by Crippen LogP contribution is 2.50. The van der Waals surface area contributed by atoms with Crippen LogP contribution in [-0.2, 0) is 5.41 Å². The van der Waals surface area contributed by atoms with E-state index >= 15 is 0 Å². The first-order valence-corrected chi connectivity index (χ1v) is 21.0. The predicted octanol–water partition coefficient (Wildman–Crippen LogP) is 16.9. The van der Waals surface area contributed by atoms with E-state index in [4.69, 9.17) is 8.83 Å². The van der Waals surface area contributed by atoms with E-state index in [0.717, 1.165) is 72.1 Å². The third-order valence-corrected chi connectivity index (χ3v) is 13.2. The molecule has 0 amide bonds. The van der Waals surface area contributed by atoms with Crippen LogP contribution in [0.25, 0.3) is 92.9 Å². The second-order valence-electron chi connectivity index (χ2n) is 16.9. The van der Waals surface area contributed by atoms with E-state index in [1.807, 2.05) is 24.3 Å². The van der Waals surface area contributed by atoms with Crippen LogP contribution in [0, 0.1) is 0 Å². The third kappa shape index (κ3) is 5.17. The van der Waals surface area contributed by atoms with Gasteiger partial charge in [-0.3, -0.25) is 0 Å². The fourth-order valence-electron chi connectivity index (χ4n) is 10.4. The van der Waals surface area contributed by atoms with Crippen LogP contribution in [0.15, 0.2) is 203 Å². The number of rotatable bonds is 6. The van der Waals surface area contributed by atoms with Crippen molar-refractivity contribution in [2.24, 2.45) is 0 Å². The molecule has 3 nitrogen and oxygen atoms in total. The van der Waals surface area contributed by atoms with E-state index in [2.05, 4.69) is 190 Å². The Labute approximate surface area is 353 Å². The summed E-state index contributed by atoms with van der Waals surface area (Å²) in [6.07, 6.45) is 6.13. The third-order valence-electron chi connectivity index (χ3n) is 13.2. The monoisotopic (exact) mass is 783 g/mol. The van der Waals surface area contributed by atoms with Gasteiger partial charge in [0.25, 0.3) is 0 Å². The Hall–Kier alpha value is -7.62. The van der Waals surface area contributed by atoms with Crippen molar-refractivity contribution in [1.29, 1.82) is 0 Å². The van der Waals surface area contributed by atoms with Gasteiger partial charge in [-0.2, -0.15) is 0 Å². The molecule has 0 N–H and O–H groups in total. The summed E-state index contributed by atoms with van der Waals surface area (Å²) in [6, 6.07) is 59.3. The summed E-state index contributed by atoms with van der Waals surface area (Å²) < 4.78 is 12.9. The van der Waals surface area contributed by atoms with Crippen molar-refractivity contribution in [3.8, 4) is 11.1 Å². The molecule has 0 saturated carbocycles. The molecule has 0 spiro atoms. The van der Waals surface area contributed by atoms with Gasteiger partial charge < -0.3 is 13.7 Å². The first kappa shape index (κ1) is 35.3. The van der Waals surface area contributed by atoms with Crippen LogP contribution in [0.4, 0.5) is 17.1 Å². The minimum Gasteiger partial charge on any atom is -0.456 e. The number of allylic oxidation sites excluding steroid dienone is 5. The number of benzene rings is 9. The van der Waals surface area contributed by atoms with Gasteiger partial charge in [-0.05, 0) is 122 Å². The maximum absolute atomic E-state index is 6.48. The molecule has 3 heteroatoms. The maximum atomic E-state index is 6.48. The highest BCUT2D eigenvalue weighted by molar-refractivity contribution is 6.34. The molecule has 11 aromatic rings. The summed E-state index contributed by atoms with van der Waals surface area (Å²) in [7, 11) is 0. The molecule has 0 fully saturated rings. The molecule has 0 bridgehead atoms. The lowest BCUT2D eigenvalue weighted by Crippen LogP contribution is -2.17. The second-order valence-corrected chi connectivity index (χ2v) is 16.9. The summed E-state index contributed by atoms with van der Waals surface area (Å²) >= 11 is 0. The number of para-hydroxylation sites is 3. The van der Waals surface area contributed by atoms with Crippen molar-refractivity contribution < 1.29 is 8.83 Å². The zero-order valence-corrected chi connectivity index (χ0v) is 34.3. The molecule has 2 heterocycles. The van der Waals surface area contributed by atoms with Gasteiger partial charge >= 0.3 is 0 Å². The minimum atomic E-state index is -0.188. The maximum Gasteiger partial charge on any atom is 0.143 e. The first-order chi connectivity index (χ1) is 29.9. The molecule has 0 unspecified atom stereocenters. The standard InChI is InChI=1S/C58H41NO2/c1-5-6-20-50-35(2)40-29-27-39(34-51(40)58(50,3)4)59(37-25-23-36(24-26-37)41-18-13-19-47-44-15-9-11-21-52(44)61-57(41)47)38-28-30-43-42-14-7-8-16-45(42)55-46(49(43)33-38)31-32-54-56(55)48-17-10-12-22-53(48)60-54/h5-34H,1H2,2-4H3/b20-6-. The molecule has 1 aliphatic carbocycles. The van der Waals surface area contributed by atoms with Crippen molar-refractivity contribution in [3.05, 3.63) is 205 Å². The van der Waals surface area contributed by atoms with Crippen molar-refractivity contribution in [2.75, 3.05) is 4.90 Å². The molecule has 290 valence electrons. The molecule has 0 aliphatic heterocycles. The van der Waals surface area contributed by atoms with Gasteiger partial charge in [0.15, 0.2) is 0 Å². The first-order valence-electron chi connectivity index (χ1n) is 21.0. The summed E-state index contributed by atoms with van der Waals surface area (Å²) in [5, 5.41) is 11.9. The quantitative estimate of drug-likeness (QED) is 0.124. The normalized spacial score (nSPS) is 13.9. The molecule has 9 aromatic carbocycles. The van der Waals surface area contributed by atoms with Crippen LogP contribution >= 0.6 is 0 Å². The van der Waals surface area contributed by atoms with Crippen LogP contribution in [0.1, 0.15) is 31.9 Å². The predicted molar refractivity (Wildman–Crippen MR) is 259 cm³/mol. The fraction of sp³-hybridized carbons (Fsp3) is 0.0690. The molecule has 2 aromatic heterocycles. The Morgan fingerprint density at radius 1 is 0.492 bits per heavy atom. The average molecular weight is 784 g/mol. The number of hydrogen-bond donors (Lipinski definition) is 0. The topological polar surface area (TPSA) is 29.5 Å². The number of hydrogen-bond acceptors (Lipinski definition) is 3. The molecule has 0 radical (unpaired) electrons. The Morgan fingerprint density at radius 2 is 1.11 bits per heavy atom. The van der Waals surface area contributed by atoms with Gasteiger partial charge in [0.1, 0.15) is 22.3 Å². The Bertz CT molecular complexity index is 3700. The molecular weight excluding hydrogens is 743 g/mol. The van der Waals surface area contributed by atoms with Crippen molar-refractivity contribution >= 4 is 98.8 Å². The van der Waals surface area contributed by atoms with E-state index in [9.17, 15) is 0 Å². The lowest BCUT2D eigenvalue weighted by atomic mass is 9.80. The van der Waals surface area contributed by atoms with Crippen LogP contribution in [0.5, 0.6) is 0 Å². The minimum absolute atomic E-state index is 0.188. The Kier molecular flexibility index (Phi) is 7.64. The van der Waals surface area contributed by atoms with Gasteiger partial charge in [-0.25, -0.2) is 0 Å². The van der Waals surface area contributed by atoms with Crippen molar-refractivity contribution in [2.45, 2.75) is 26.2 Å². The number of fused-ring (bicyclic) bond motifs is 14. The molecule has 0 atom stereocenters. The molecular formula is C58H41NO2. The Morgan fingerprint density at radius 3 is 1.92 bits per heavy atom. The lowest BCUT2D eigenvalue weighted by Gasteiger charge is -2.29. The highest BCUT2D eigenvalue weighted by atomic mass is 16.3. The van der Waals surface area contributed by atoms with Crippen LogP contribution in [0.2, 0.25) is 0 Å². The van der Waals surface area contributed by atoms with E-state index in [-0.39, 0.29) is 5.41 Å². The Balaban J connectivity index is 1.08. The van der Waals surface area contributed by atoms with E-state index in [1.54, 1.807) is 0 Å². The summed E-state index contributed by atoms with van der Waals surface area (Å²) in [5.74, 6) is 0. The average Bonchev–Trinajstić information content (AvgIpc) is 3.93. The van der Waals surface area contributed by atoms with Crippen molar-refractivity contribution in [3.63, 3.8) is 0 Å². The number of furan rings is 2. The largest absolute Gasteiger partial charge is 0.456 e. The van der Waals surface area contributed by atoms with E-state index in [0.29, 0.717) is 0 Å². The zero-order valence-electron chi connectivity index (χ0n) is 34.3. The fourth-order valence-corrected chi connectivity index (χ4v) is 10.4. The second kappa shape index (κ2) is 13.2. The lowest BCUT2D eigenvalue weighted by molar-refractivity contribution is 0.654. The van der Waals surface area contributed by atoms with E-state index < -0.39 is 0 Å².